The summed E-state index contributed by atoms with van der Waals surface area (Å²) in [6.45, 7) is 0. The van der Waals surface area contributed by atoms with Crippen LogP contribution in [0.15, 0.2) is 95.7 Å². The molecule has 0 fully saturated rings. The average Bonchev–Trinajstić information content (AvgIpc) is 3.39. The molecule has 0 spiro atoms. The number of nitrogens with one attached hydrogen (secondary N) is 3. The van der Waals surface area contributed by atoms with Crippen molar-refractivity contribution in [2.75, 3.05) is 17.7 Å². The number of fused-ring (bicyclic) bond motifs is 1. The van der Waals surface area contributed by atoms with Crippen molar-refractivity contribution in [3.8, 4) is 5.75 Å². The number of hydrogen-bond acceptors (Lipinski definition) is 8. The Labute approximate surface area is 240 Å². The van der Waals surface area contributed by atoms with Crippen molar-refractivity contribution in [2.45, 2.75) is 18.9 Å². The predicted molar refractivity (Wildman–Crippen MR) is 156 cm³/mol. The largest absolute Gasteiger partial charge is 0.495 e. The number of carbonyl (C=O) groups excluding carboxylic acids is 2. The van der Waals surface area contributed by atoms with Crippen molar-refractivity contribution < 1.29 is 28.6 Å². The number of pyridine rings is 1. The summed E-state index contributed by atoms with van der Waals surface area (Å²) in [5.41, 5.74) is 4.10. The van der Waals surface area contributed by atoms with Crippen molar-refractivity contribution in [2.24, 2.45) is 0 Å². The van der Waals surface area contributed by atoms with Crippen LogP contribution in [-0.4, -0.2) is 40.0 Å². The molecule has 11 heteroatoms. The van der Waals surface area contributed by atoms with Crippen LogP contribution in [0.2, 0.25) is 0 Å². The summed E-state index contributed by atoms with van der Waals surface area (Å²) in [7, 11) is 1.58. The summed E-state index contributed by atoms with van der Waals surface area (Å²) >= 11 is 0. The highest BCUT2D eigenvalue weighted by atomic mass is 16.5. The topological polar surface area (TPSA) is 156 Å². The number of carbonyl (C=O) groups is 3. The molecule has 1 atom stereocenters. The molecule has 0 aliphatic carbocycles. The lowest BCUT2D eigenvalue weighted by Gasteiger charge is -2.18. The minimum atomic E-state index is -1.06. The van der Waals surface area contributed by atoms with Crippen LogP contribution in [0.1, 0.15) is 33.9 Å². The lowest BCUT2D eigenvalue weighted by molar-refractivity contribution is -0.137. The number of hydrogen-bond donors (Lipinski definition) is 4. The fourth-order valence-corrected chi connectivity index (χ4v) is 4.36. The lowest BCUT2D eigenvalue weighted by Crippen LogP contribution is -2.30. The first-order chi connectivity index (χ1) is 20.4. The van der Waals surface area contributed by atoms with E-state index in [9.17, 15) is 19.5 Å². The molecule has 0 aliphatic rings. The van der Waals surface area contributed by atoms with Crippen molar-refractivity contribution in [1.82, 2.24) is 15.3 Å². The van der Waals surface area contributed by atoms with Gasteiger partial charge in [-0.1, -0.05) is 30.3 Å². The second-order valence-corrected chi connectivity index (χ2v) is 9.35. The third-order valence-electron chi connectivity index (χ3n) is 6.39. The van der Waals surface area contributed by atoms with Crippen molar-refractivity contribution in [3.63, 3.8) is 0 Å². The maximum atomic E-state index is 12.8. The number of anilines is 3. The summed E-state index contributed by atoms with van der Waals surface area (Å²) in [5.74, 6) is -1.06. The predicted octanol–water partition coefficient (Wildman–Crippen LogP) is 5.10. The molecule has 2 aromatic heterocycles. The monoisotopic (exact) mass is 565 g/mol. The molecular weight excluding hydrogens is 538 g/mol. The summed E-state index contributed by atoms with van der Waals surface area (Å²) in [4.78, 5) is 45.1. The Morgan fingerprint density at radius 2 is 1.74 bits per heavy atom. The van der Waals surface area contributed by atoms with Gasteiger partial charge in [-0.2, -0.15) is 4.98 Å². The first kappa shape index (κ1) is 27.8. The molecule has 5 rings (SSSR count). The molecule has 4 N–H and O–H groups in total. The van der Waals surface area contributed by atoms with Crippen LogP contribution in [0.4, 0.5) is 17.4 Å². The van der Waals surface area contributed by atoms with Gasteiger partial charge in [0.25, 0.3) is 11.9 Å². The van der Waals surface area contributed by atoms with Crippen LogP contribution < -0.4 is 20.7 Å². The van der Waals surface area contributed by atoms with E-state index in [-0.39, 0.29) is 18.7 Å². The second-order valence-electron chi connectivity index (χ2n) is 9.35. The number of nitrogens with zero attached hydrogens (tertiary/aromatic N) is 2. The number of aromatic nitrogens is 2. The van der Waals surface area contributed by atoms with E-state index in [1.807, 2.05) is 30.3 Å². The molecule has 2 amide bonds. The Morgan fingerprint density at radius 3 is 2.48 bits per heavy atom. The molecule has 0 bridgehead atoms. The van der Waals surface area contributed by atoms with Crippen LogP contribution in [0.5, 0.6) is 5.75 Å². The van der Waals surface area contributed by atoms with Gasteiger partial charge in [-0.25, -0.2) is 0 Å². The van der Waals surface area contributed by atoms with Crippen molar-refractivity contribution >= 4 is 46.3 Å². The van der Waals surface area contributed by atoms with Crippen LogP contribution in [-0.2, 0) is 16.0 Å². The zero-order valence-corrected chi connectivity index (χ0v) is 22.5. The standard InChI is InChI=1S/C31H27N5O6/c1-41-26-5-3-2-4-23(26)35-31-36-24-11-6-19(16-27(24)42-31)17-28(37)33-22-9-7-20(8-10-22)25(18-29(38)39)34-30(40)21-12-14-32-15-13-21/h2-16,25H,17-18H2,1H3,(H,33,37)(H,34,40)(H,35,36)(H,38,39)/t25-/m1/s1. The summed E-state index contributed by atoms with van der Waals surface area (Å²) in [5, 5.41) is 18.1. The maximum Gasteiger partial charge on any atom is 0.305 e. The van der Waals surface area contributed by atoms with Gasteiger partial charge >= 0.3 is 5.97 Å². The lowest BCUT2D eigenvalue weighted by atomic mass is 10.0. The molecule has 0 radical (unpaired) electrons. The Morgan fingerprint density at radius 1 is 0.976 bits per heavy atom. The molecule has 5 aromatic rings. The SMILES string of the molecule is COc1ccccc1Nc1nc2ccc(CC(=O)Nc3ccc([C@@H](CC(=O)O)NC(=O)c4ccncc4)cc3)cc2o1. The summed E-state index contributed by atoms with van der Waals surface area (Å²) in [6.07, 6.45) is 2.76. The van der Waals surface area contributed by atoms with Gasteiger partial charge in [-0.05, 0) is 59.7 Å². The number of para-hydroxylation sites is 2. The van der Waals surface area contributed by atoms with Gasteiger partial charge < -0.3 is 30.2 Å². The fraction of sp³-hybridized carbons (Fsp3) is 0.129. The third-order valence-corrected chi connectivity index (χ3v) is 6.39. The molecule has 3 aromatic carbocycles. The van der Waals surface area contributed by atoms with E-state index in [0.29, 0.717) is 45.4 Å². The molecule has 212 valence electrons. The minimum absolute atomic E-state index is 0.0945. The minimum Gasteiger partial charge on any atom is -0.495 e. The number of oxazole rings is 1. The van der Waals surface area contributed by atoms with Crippen LogP contribution >= 0.6 is 0 Å². The quantitative estimate of drug-likeness (QED) is 0.171. The van der Waals surface area contributed by atoms with E-state index in [0.717, 1.165) is 5.56 Å². The normalized spacial score (nSPS) is 11.5. The zero-order valence-electron chi connectivity index (χ0n) is 22.5. The smallest absolute Gasteiger partial charge is 0.305 e. The molecule has 0 aliphatic heterocycles. The van der Waals surface area contributed by atoms with E-state index in [1.165, 1.54) is 12.4 Å². The maximum absolute atomic E-state index is 12.8. The van der Waals surface area contributed by atoms with Gasteiger partial charge in [0.1, 0.15) is 11.3 Å². The number of methoxy groups -OCH3 is 1. The van der Waals surface area contributed by atoms with Gasteiger partial charge in [-0.15, -0.1) is 0 Å². The number of carboxylic acid groups (broad SMARTS) is 1. The van der Waals surface area contributed by atoms with Gasteiger partial charge in [0.15, 0.2) is 5.58 Å². The second kappa shape index (κ2) is 12.6. The number of carboxylic acids is 1. The molecule has 11 nitrogen and oxygen atoms in total. The third kappa shape index (κ3) is 6.89. The summed E-state index contributed by atoms with van der Waals surface area (Å²) in [6, 6.07) is 22.1. The van der Waals surface area contributed by atoms with Gasteiger partial charge in [0, 0.05) is 23.6 Å². The highest BCUT2D eigenvalue weighted by Gasteiger charge is 2.19. The summed E-state index contributed by atoms with van der Waals surface area (Å²) < 4.78 is 11.2. The van der Waals surface area contributed by atoms with Gasteiger partial charge in [-0.3, -0.25) is 19.4 Å². The number of aliphatic carboxylic acids is 1. The Hall–Kier alpha value is -5.71. The van der Waals surface area contributed by atoms with E-state index in [1.54, 1.807) is 55.6 Å². The van der Waals surface area contributed by atoms with E-state index >= 15 is 0 Å². The molecule has 2 heterocycles. The van der Waals surface area contributed by atoms with Crippen molar-refractivity contribution in [3.05, 3.63) is 108 Å². The van der Waals surface area contributed by atoms with Crippen LogP contribution in [0.3, 0.4) is 0 Å². The molecule has 0 unspecified atom stereocenters. The highest BCUT2D eigenvalue weighted by Crippen LogP contribution is 2.29. The van der Waals surface area contributed by atoms with Crippen LogP contribution in [0, 0.1) is 0 Å². The average molecular weight is 566 g/mol. The molecule has 42 heavy (non-hydrogen) atoms. The fourth-order valence-electron chi connectivity index (χ4n) is 4.36. The number of amides is 2. The first-order valence-electron chi connectivity index (χ1n) is 13.0. The van der Waals surface area contributed by atoms with E-state index in [2.05, 4.69) is 25.9 Å². The van der Waals surface area contributed by atoms with Crippen LogP contribution in [0.25, 0.3) is 11.1 Å². The number of benzene rings is 3. The highest BCUT2D eigenvalue weighted by molar-refractivity contribution is 5.95. The van der Waals surface area contributed by atoms with E-state index < -0.39 is 17.9 Å². The Kier molecular flexibility index (Phi) is 8.38. The van der Waals surface area contributed by atoms with Gasteiger partial charge in [0.2, 0.25) is 5.91 Å². The Balaban J connectivity index is 1.22. The first-order valence-corrected chi connectivity index (χ1v) is 13.0. The molecule has 0 saturated heterocycles. The van der Waals surface area contributed by atoms with Crippen molar-refractivity contribution in [1.29, 1.82) is 0 Å². The molecule has 0 saturated carbocycles. The zero-order chi connectivity index (χ0) is 29.5. The number of ether oxygens (including phenoxy) is 1. The van der Waals surface area contributed by atoms with Gasteiger partial charge in [0.05, 0.1) is 31.7 Å². The Bertz CT molecular complexity index is 1720. The van der Waals surface area contributed by atoms with E-state index in [4.69, 9.17) is 9.15 Å². The number of rotatable bonds is 11. The molecular formula is C31H27N5O6.